The van der Waals surface area contributed by atoms with Gasteiger partial charge in [-0.2, -0.15) is 0 Å². The topological polar surface area (TPSA) is 0 Å². The largest absolute Gasteiger partial charge is 0.147 e. The van der Waals surface area contributed by atoms with Gasteiger partial charge in [0.1, 0.15) is 0 Å². The van der Waals surface area contributed by atoms with Crippen molar-refractivity contribution in [2.24, 2.45) is 0 Å². The molecule has 0 N–H and O–H groups in total. The zero-order chi connectivity index (χ0) is 15.1. The number of hydrogen-bond donors (Lipinski definition) is 0. The van der Waals surface area contributed by atoms with E-state index in [1.807, 2.05) is 3.28 Å². The van der Waals surface area contributed by atoms with Gasteiger partial charge in [-0.3, -0.25) is 0 Å². The Kier molecular flexibility index (Phi) is 6.90. The molecule has 0 atom stereocenters. The SMILES string of the molecule is C[Si](C)=[Zr]([C]1=CC=CC1)[C]1=CCc2ccc3ccccc3c21.Cl.Cl. The van der Waals surface area contributed by atoms with E-state index in [1.165, 1.54) is 17.2 Å². The molecule has 0 aromatic heterocycles. The Morgan fingerprint density at radius 1 is 0.958 bits per heavy atom. The summed E-state index contributed by atoms with van der Waals surface area (Å²) >= 11 is -1.68. The first-order chi connectivity index (χ1) is 10.8. The number of allylic oxidation sites excluding steroid dienone is 5. The summed E-state index contributed by atoms with van der Waals surface area (Å²) in [7, 11) is 0. The molecule has 0 fully saturated rings. The Labute approximate surface area is 164 Å². The normalized spacial score (nSPS) is 14.4. The first kappa shape index (κ1) is 19.9. The average molecular weight is 453 g/mol. The Hall–Kier alpha value is -0.400. The second-order valence-electron chi connectivity index (χ2n) is 6.34. The van der Waals surface area contributed by atoms with E-state index < -0.39 is 20.4 Å². The van der Waals surface area contributed by atoms with Gasteiger partial charge in [-0.15, -0.1) is 24.8 Å². The summed E-state index contributed by atoms with van der Waals surface area (Å²) in [5.41, 5.74) is 2.95. The minimum absolute atomic E-state index is 0. The third-order valence-electron chi connectivity index (χ3n) is 4.67. The fraction of sp³-hybridized carbons (Fsp3) is 0.200. The van der Waals surface area contributed by atoms with Crippen LogP contribution in [-0.2, 0) is 26.8 Å². The molecule has 4 rings (SSSR count). The molecule has 0 heterocycles. The van der Waals surface area contributed by atoms with Gasteiger partial charge in [-0.25, -0.2) is 0 Å². The molecular formula is C20H22Cl2SiZr. The van der Waals surface area contributed by atoms with Crippen LogP contribution in [0.1, 0.15) is 17.5 Å². The van der Waals surface area contributed by atoms with Crippen LogP contribution in [0.15, 0.2) is 64.0 Å². The van der Waals surface area contributed by atoms with Crippen LogP contribution in [0.4, 0.5) is 0 Å². The fourth-order valence-corrected chi connectivity index (χ4v) is 20.5. The van der Waals surface area contributed by atoms with Gasteiger partial charge in [0.25, 0.3) is 0 Å². The van der Waals surface area contributed by atoms with Crippen molar-refractivity contribution in [1.29, 1.82) is 0 Å². The van der Waals surface area contributed by atoms with Gasteiger partial charge in [0.2, 0.25) is 0 Å². The van der Waals surface area contributed by atoms with Gasteiger partial charge in [0, 0.05) is 0 Å². The molecule has 24 heavy (non-hydrogen) atoms. The Bertz CT molecular complexity index is 903. The smallest absolute Gasteiger partial charge is 0.147 e. The molecule has 2 aliphatic rings. The van der Waals surface area contributed by atoms with Crippen LogP contribution in [0.2, 0.25) is 13.1 Å². The minimum atomic E-state index is -1.68. The van der Waals surface area contributed by atoms with Crippen LogP contribution in [0.5, 0.6) is 0 Å². The summed E-state index contributed by atoms with van der Waals surface area (Å²) in [5, 5.41) is 2.88. The van der Waals surface area contributed by atoms with E-state index in [-0.39, 0.29) is 30.2 Å². The van der Waals surface area contributed by atoms with Crippen LogP contribution >= 0.6 is 24.8 Å². The first-order valence-electron chi connectivity index (χ1n) is 8.01. The van der Waals surface area contributed by atoms with Gasteiger partial charge < -0.3 is 0 Å². The van der Waals surface area contributed by atoms with Crippen LogP contribution in [0, 0.1) is 0 Å². The maximum absolute atomic E-state index is 2.59. The van der Waals surface area contributed by atoms with Gasteiger partial charge >= 0.3 is 141 Å². The Morgan fingerprint density at radius 3 is 2.46 bits per heavy atom. The van der Waals surface area contributed by atoms with E-state index in [4.69, 9.17) is 0 Å². The molecule has 0 spiro atoms. The van der Waals surface area contributed by atoms with Crippen LogP contribution in [0.25, 0.3) is 14.1 Å². The van der Waals surface area contributed by atoms with E-state index in [9.17, 15) is 0 Å². The number of fused-ring (bicyclic) bond motifs is 3. The maximum atomic E-state index is 2.59. The molecule has 2 aliphatic carbocycles. The molecule has 124 valence electrons. The monoisotopic (exact) mass is 450 g/mol. The summed E-state index contributed by atoms with van der Waals surface area (Å²) in [6, 6.07) is 13.6. The number of rotatable bonds is 2. The second-order valence-corrected chi connectivity index (χ2v) is 23.4. The van der Waals surface area contributed by atoms with Gasteiger partial charge in [-0.1, -0.05) is 0 Å². The molecule has 4 heteroatoms. The summed E-state index contributed by atoms with van der Waals surface area (Å²) in [5.74, 6) is 0. The Balaban J connectivity index is 0.00000104. The van der Waals surface area contributed by atoms with Crippen LogP contribution in [0.3, 0.4) is 0 Å². The zero-order valence-corrected chi connectivity index (χ0v) is 19.1. The fourth-order valence-electron chi connectivity index (χ4n) is 3.74. The van der Waals surface area contributed by atoms with E-state index in [0.29, 0.717) is 0 Å². The molecule has 2 aromatic rings. The van der Waals surface area contributed by atoms with Crippen molar-refractivity contribution in [3.05, 3.63) is 75.1 Å². The van der Waals surface area contributed by atoms with Crippen molar-refractivity contribution in [3.63, 3.8) is 0 Å². The van der Waals surface area contributed by atoms with Gasteiger partial charge in [-0.05, 0) is 0 Å². The summed E-state index contributed by atoms with van der Waals surface area (Å²) in [6.45, 7) is 5.09. The van der Waals surface area contributed by atoms with Crippen LogP contribution in [-0.4, -0.2) is 5.43 Å². The maximum Gasteiger partial charge on any atom is -0.147 e. The average Bonchev–Trinajstić information content (AvgIpc) is 3.18. The molecule has 0 aliphatic heterocycles. The third-order valence-corrected chi connectivity index (χ3v) is 21.5. The van der Waals surface area contributed by atoms with Crippen molar-refractivity contribution in [2.75, 3.05) is 0 Å². The zero-order valence-electron chi connectivity index (χ0n) is 14.0. The summed E-state index contributed by atoms with van der Waals surface area (Å²) in [4.78, 5) is 0. The predicted molar refractivity (Wildman–Crippen MR) is 109 cm³/mol. The molecule has 0 bridgehead atoms. The molecule has 0 unspecified atom stereocenters. The van der Waals surface area contributed by atoms with Crippen molar-refractivity contribution < 1.29 is 20.4 Å². The predicted octanol–water partition coefficient (Wildman–Crippen LogP) is 6.29. The van der Waals surface area contributed by atoms with Crippen molar-refractivity contribution in [2.45, 2.75) is 25.9 Å². The molecule has 2 aromatic carbocycles. The summed E-state index contributed by atoms with van der Waals surface area (Å²) < 4.78 is 3.61. The number of hydrogen-bond acceptors (Lipinski definition) is 0. The standard InChI is InChI=1S/C13H9.C5H5.C2H6Si.2ClH.Zr/c1-2-6-12-10(4-1)8-9-11-5-3-7-13(11)12;1-2-4-5-3-1;1-3-2;;;/h1-4,6,8-9H,5H2;1-3H,4H2;1-2H3;2*1H;. The van der Waals surface area contributed by atoms with Crippen molar-refractivity contribution >= 4 is 44.3 Å². The Morgan fingerprint density at radius 2 is 1.75 bits per heavy atom. The van der Waals surface area contributed by atoms with E-state index in [2.05, 4.69) is 73.8 Å². The third kappa shape index (κ3) is 3.44. The second kappa shape index (κ2) is 8.32. The molecule has 0 saturated carbocycles. The summed E-state index contributed by atoms with van der Waals surface area (Å²) in [6.07, 6.45) is 12.0. The van der Waals surface area contributed by atoms with Gasteiger partial charge in [0.05, 0.1) is 0 Å². The molecule has 0 nitrogen and oxygen atoms in total. The van der Waals surface area contributed by atoms with Crippen molar-refractivity contribution in [1.82, 2.24) is 0 Å². The molecule has 0 saturated heterocycles. The quantitative estimate of drug-likeness (QED) is 0.470. The van der Waals surface area contributed by atoms with E-state index in [1.54, 1.807) is 14.4 Å². The molecule has 0 amide bonds. The minimum Gasteiger partial charge on any atom is -0.147 e. The number of halogens is 2. The van der Waals surface area contributed by atoms with Crippen LogP contribution < -0.4 is 0 Å². The van der Waals surface area contributed by atoms with Crippen molar-refractivity contribution in [3.8, 4) is 0 Å². The number of benzene rings is 2. The molecule has 0 radical (unpaired) electrons. The van der Waals surface area contributed by atoms with E-state index >= 15 is 0 Å². The van der Waals surface area contributed by atoms with E-state index in [0.717, 1.165) is 6.42 Å². The van der Waals surface area contributed by atoms with Gasteiger partial charge in [0.15, 0.2) is 0 Å². The molecular weight excluding hydrogens is 430 g/mol. The first-order valence-corrected chi connectivity index (χ1v) is 16.7.